The summed E-state index contributed by atoms with van der Waals surface area (Å²) in [6, 6.07) is 14.7. The highest BCUT2D eigenvalue weighted by Crippen LogP contribution is 2.37. The largest absolute Gasteiger partial charge is 0.493 e. The Balaban J connectivity index is 1.60. The zero-order chi connectivity index (χ0) is 18.4. The summed E-state index contributed by atoms with van der Waals surface area (Å²) < 4.78 is 16.8. The second kappa shape index (κ2) is 8.82. The number of methoxy groups -OCH3 is 1. The van der Waals surface area contributed by atoms with Gasteiger partial charge in [-0.25, -0.2) is 0 Å². The average Bonchev–Trinajstić information content (AvgIpc) is 3.16. The summed E-state index contributed by atoms with van der Waals surface area (Å²) in [5.74, 6) is 1.74. The summed E-state index contributed by atoms with van der Waals surface area (Å²) in [6.45, 7) is 0.784. The number of benzene rings is 2. The van der Waals surface area contributed by atoms with Crippen molar-refractivity contribution in [3.63, 3.8) is 0 Å². The predicted molar refractivity (Wildman–Crippen MR) is 100 cm³/mol. The lowest BCUT2D eigenvalue weighted by Gasteiger charge is -2.16. The third kappa shape index (κ3) is 4.62. The maximum atomic E-state index is 11.1. The Labute approximate surface area is 156 Å². The van der Waals surface area contributed by atoms with E-state index in [1.807, 2.05) is 48.5 Å². The summed E-state index contributed by atoms with van der Waals surface area (Å²) in [5.41, 5.74) is 0.957. The minimum absolute atomic E-state index is 0.0788. The van der Waals surface area contributed by atoms with Crippen molar-refractivity contribution >= 4 is 17.7 Å². The van der Waals surface area contributed by atoms with Crippen molar-refractivity contribution in [3.8, 4) is 17.2 Å². The van der Waals surface area contributed by atoms with Gasteiger partial charge in [0.25, 0.3) is 0 Å². The van der Waals surface area contributed by atoms with E-state index in [-0.39, 0.29) is 5.37 Å². The first kappa shape index (κ1) is 18.4. The molecule has 1 fully saturated rings. The SMILES string of the molecule is COc1ccc(C2NC(C(=O)O)CS2)cc1OCCOc1ccccc1. The van der Waals surface area contributed by atoms with E-state index in [0.29, 0.717) is 30.5 Å². The number of nitrogens with one attached hydrogen (secondary N) is 1. The molecule has 2 N–H and O–H groups in total. The standard InChI is InChI=1S/C19H21NO5S/c1-23-16-8-7-13(18-20-15(12-26-18)19(21)22)11-17(16)25-10-9-24-14-5-3-2-4-6-14/h2-8,11,15,18,20H,9-10,12H2,1H3,(H,21,22). The smallest absolute Gasteiger partial charge is 0.321 e. The molecule has 6 nitrogen and oxygen atoms in total. The molecule has 1 aliphatic rings. The summed E-state index contributed by atoms with van der Waals surface area (Å²) >= 11 is 1.57. The molecule has 2 aromatic rings. The minimum atomic E-state index is -0.831. The fourth-order valence-electron chi connectivity index (χ4n) is 2.60. The molecule has 2 unspecified atom stereocenters. The van der Waals surface area contributed by atoms with Crippen LogP contribution in [-0.4, -0.2) is 43.2 Å². The van der Waals surface area contributed by atoms with E-state index < -0.39 is 12.0 Å². The van der Waals surface area contributed by atoms with Crippen LogP contribution in [0.5, 0.6) is 17.2 Å². The molecule has 1 aliphatic heterocycles. The second-order valence-corrected chi connectivity index (χ2v) is 6.83. The van der Waals surface area contributed by atoms with Gasteiger partial charge < -0.3 is 19.3 Å². The third-order valence-electron chi connectivity index (χ3n) is 3.92. The zero-order valence-corrected chi connectivity index (χ0v) is 15.2. The van der Waals surface area contributed by atoms with Crippen LogP contribution in [0.2, 0.25) is 0 Å². The normalized spacial score (nSPS) is 19.1. The maximum Gasteiger partial charge on any atom is 0.321 e. The molecular weight excluding hydrogens is 354 g/mol. The zero-order valence-electron chi connectivity index (χ0n) is 14.4. The van der Waals surface area contributed by atoms with E-state index >= 15 is 0 Å². The minimum Gasteiger partial charge on any atom is -0.493 e. The number of hydrogen-bond acceptors (Lipinski definition) is 6. The van der Waals surface area contributed by atoms with Crippen molar-refractivity contribution in [3.05, 3.63) is 54.1 Å². The maximum absolute atomic E-state index is 11.1. The van der Waals surface area contributed by atoms with Crippen molar-refractivity contribution in [2.24, 2.45) is 0 Å². The topological polar surface area (TPSA) is 77.0 Å². The number of rotatable bonds is 8. The summed E-state index contributed by atoms with van der Waals surface area (Å²) in [5, 5.41) is 12.1. The van der Waals surface area contributed by atoms with E-state index in [1.165, 1.54) is 0 Å². The van der Waals surface area contributed by atoms with Gasteiger partial charge in [0, 0.05) is 5.75 Å². The van der Waals surface area contributed by atoms with Crippen LogP contribution in [0.15, 0.2) is 48.5 Å². The van der Waals surface area contributed by atoms with Gasteiger partial charge in [0.05, 0.1) is 12.5 Å². The van der Waals surface area contributed by atoms with Crippen LogP contribution in [0.3, 0.4) is 0 Å². The van der Waals surface area contributed by atoms with Crippen LogP contribution in [0.4, 0.5) is 0 Å². The molecule has 1 saturated heterocycles. The highest BCUT2D eigenvalue weighted by Gasteiger charge is 2.30. The van der Waals surface area contributed by atoms with E-state index in [4.69, 9.17) is 19.3 Å². The lowest BCUT2D eigenvalue weighted by molar-refractivity contribution is -0.138. The van der Waals surface area contributed by atoms with Crippen molar-refractivity contribution in [2.75, 3.05) is 26.1 Å². The Bertz CT molecular complexity index is 740. The molecule has 2 aromatic carbocycles. The van der Waals surface area contributed by atoms with Crippen LogP contribution >= 0.6 is 11.8 Å². The Kier molecular flexibility index (Phi) is 6.25. The summed E-state index contributed by atoms with van der Waals surface area (Å²) in [7, 11) is 1.59. The third-order valence-corrected chi connectivity index (χ3v) is 5.19. The monoisotopic (exact) mass is 375 g/mol. The molecule has 1 heterocycles. The van der Waals surface area contributed by atoms with Gasteiger partial charge in [0.2, 0.25) is 0 Å². The molecule has 0 amide bonds. The van der Waals surface area contributed by atoms with Crippen molar-refractivity contribution in [1.29, 1.82) is 0 Å². The van der Waals surface area contributed by atoms with Gasteiger partial charge in [-0.2, -0.15) is 0 Å². The first-order valence-electron chi connectivity index (χ1n) is 8.26. The van der Waals surface area contributed by atoms with Crippen LogP contribution < -0.4 is 19.5 Å². The molecule has 0 aliphatic carbocycles. The fourth-order valence-corrected chi connectivity index (χ4v) is 3.83. The molecule has 7 heteroatoms. The molecule has 3 rings (SSSR count). The van der Waals surface area contributed by atoms with Gasteiger partial charge >= 0.3 is 5.97 Å². The van der Waals surface area contributed by atoms with Crippen LogP contribution in [-0.2, 0) is 4.79 Å². The number of carboxylic acid groups (broad SMARTS) is 1. The van der Waals surface area contributed by atoms with Crippen LogP contribution in [0.1, 0.15) is 10.9 Å². The number of para-hydroxylation sites is 1. The lowest BCUT2D eigenvalue weighted by atomic mass is 10.2. The lowest BCUT2D eigenvalue weighted by Crippen LogP contribution is -2.33. The molecule has 26 heavy (non-hydrogen) atoms. The van der Waals surface area contributed by atoms with Gasteiger partial charge in [0.1, 0.15) is 25.0 Å². The number of ether oxygens (including phenoxy) is 3. The van der Waals surface area contributed by atoms with Gasteiger partial charge in [-0.05, 0) is 29.8 Å². The van der Waals surface area contributed by atoms with Gasteiger partial charge in [-0.15, -0.1) is 11.8 Å². The molecule has 0 saturated carbocycles. The highest BCUT2D eigenvalue weighted by molar-refractivity contribution is 7.99. The molecule has 0 bridgehead atoms. The molecule has 0 radical (unpaired) electrons. The Morgan fingerprint density at radius 3 is 2.62 bits per heavy atom. The quantitative estimate of drug-likeness (QED) is 0.687. The van der Waals surface area contributed by atoms with Crippen LogP contribution in [0.25, 0.3) is 0 Å². The number of carboxylic acids is 1. The van der Waals surface area contributed by atoms with Crippen LogP contribution in [0, 0.1) is 0 Å². The van der Waals surface area contributed by atoms with Gasteiger partial charge in [0.15, 0.2) is 11.5 Å². The highest BCUT2D eigenvalue weighted by atomic mass is 32.2. The Morgan fingerprint density at radius 1 is 1.15 bits per heavy atom. The molecule has 2 atom stereocenters. The first-order valence-corrected chi connectivity index (χ1v) is 9.31. The summed E-state index contributed by atoms with van der Waals surface area (Å²) in [6.07, 6.45) is 0. The van der Waals surface area contributed by atoms with E-state index in [1.54, 1.807) is 18.9 Å². The Morgan fingerprint density at radius 2 is 1.92 bits per heavy atom. The van der Waals surface area contributed by atoms with Gasteiger partial charge in [-0.3, -0.25) is 10.1 Å². The van der Waals surface area contributed by atoms with Gasteiger partial charge in [-0.1, -0.05) is 24.3 Å². The van der Waals surface area contributed by atoms with E-state index in [2.05, 4.69) is 5.32 Å². The number of carbonyl (C=O) groups is 1. The molecule has 0 spiro atoms. The second-order valence-electron chi connectivity index (χ2n) is 5.69. The van der Waals surface area contributed by atoms with Crippen molar-refractivity contribution < 1.29 is 24.1 Å². The fraction of sp³-hybridized carbons (Fsp3) is 0.316. The number of hydrogen-bond donors (Lipinski definition) is 2. The predicted octanol–water partition coefficient (Wildman–Crippen LogP) is 2.94. The van der Waals surface area contributed by atoms with Crippen molar-refractivity contribution in [2.45, 2.75) is 11.4 Å². The average molecular weight is 375 g/mol. The summed E-state index contributed by atoms with van der Waals surface area (Å²) in [4.78, 5) is 11.1. The number of thioether (sulfide) groups is 1. The Hall–Kier alpha value is -2.38. The van der Waals surface area contributed by atoms with E-state index in [0.717, 1.165) is 11.3 Å². The molecule has 0 aromatic heterocycles. The van der Waals surface area contributed by atoms with E-state index in [9.17, 15) is 4.79 Å². The molecular formula is C19H21NO5S. The first-order chi connectivity index (χ1) is 12.7. The number of aliphatic carboxylic acids is 1. The van der Waals surface area contributed by atoms with Crippen molar-refractivity contribution in [1.82, 2.24) is 5.32 Å². The molecule has 138 valence electrons.